The third-order valence-corrected chi connectivity index (χ3v) is 5.61. The second-order valence-electron chi connectivity index (χ2n) is 6.71. The molecule has 136 valence electrons. The summed E-state index contributed by atoms with van der Waals surface area (Å²) in [5.41, 5.74) is 3.72. The van der Waals surface area contributed by atoms with Gasteiger partial charge in [-0.25, -0.2) is 0 Å². The number of thioether (sulfide) groups is 1. The van der Waals surface area contributed by atoms with Gasteiger partial charge < -0.3 is 4.90 Å². The first-order valence-electron chi connectivity index (χ1n) is 8.69. The van der Waals surface area contributed by atoms with Crippen molar-refractivity contribution >= 4 is 23.4 Å². The molecule has 26 heavy (non-hydrogen) atoms. The van der Waals surface area contributed by atoms with Crippen LogP contribution in [0.25, 0.3) is 0 Å². The summed E-state index contributed by atoms with van der Waals surface area (Å²) in [6, 6.07) is 13.0. The molecule has 0 spiro atoms. The molecule has 1 unspecified atom stereocenters. The van der Waals surface area contributed by atoms with Gasteiger partial charge in [0, 0.05) is 23.6 Å². The maximum Gasteiger partial charge on any atom is 0.269 e. The molecule has 1 fully saturated rings. The van der Waals surface area contributed by atoms with Crippen molar-refractivity contribution < 1.29 is 9.72 Å². The minimum Gasteiger partial charge on any atom is -0.335 e. The van der Waals surface area contributed by atoms with Crippen molar-refractivity contribution in [2.24, 2.45) is 0 Å². The fourth-order valence-corrected chi connectivity index (χ4v) is 4.29. The highest BCUT2D eigenvalue weighted by Gasteiger charge is 2.29. The van der Waals surface area contributed by atoms with Gasteiger partial charge in [0.2, 0.25) is 5.91 Å². The molecule has 0 saturated carbocycles. The Hall–Kier alpha value is -2.34. The molecule has 0 aliphatic carbocycles. The molecule has 1 aliphatic heterocycles. The molecule has 0 bridgehead atoms. The highest BCUT2D eigenvalue weighted by Crippen LogP contribution is 2.34. The average Bonchev–Trinajstić information content (AvgIpc) is 3.09. The predicted octanol–water partition coefficient (Wildman–Crippen LogP) is 4.67. The number of hydrogen-bond donors (Lipinski definition) is 0. The quantitative estimate of drug-likeness (QED) is 0.436. The number of benzene rings is 2. The molecule has 1 heterocycles. The average molecular weight is 370 g/mol. The number of likely N-dealkylation sites (tertiary alicyclic amines) is 1. The number of rotatable bonds is 5. The zero-order valence-corrected chi connectivity index (χ0v) is 15.8. The number of amides is 1. The number of nitro benzene ring substituents is 1. The van der Waals surface area contributed by atoms with Crippen molar-refractivity contribution in [3.63, 3.8) is 0 Å². The number of hydrogen-bond acceptors (Lipinski definition) is 4. The molecule has 2 aromatic carbocycles. The Kier molecular flexibility index (Phi) is 5.61. The molecule has 0 radical (unpaired) electrons. The molecular formula is C20H22N2O3S. The van der Waals surface area contributed by atoms with E-state index in [4.69, 9.17) is 0 Å². The summed E-state index contributed by atoms with van der Waals surface area (Å²) in [6.45, 7) is 4.96. The standard InChI is InChI=1S/C20H22N2O3S/c1-14-10-15(2)12-16(11-14)19-4-3-9-21(19)20(23)13-26-18-7-5-17(6-8-18)22(24)25/h5-8,10-12,19H,3-4,9,13H2,1-2H3. The van der Waals surface area contributed by atoms with Crippen LogP contribution in [0.4, 0.5) is 5.69 Å². The van der Waals surface area contributed by atoms with E-state index in [1.807, 2.05) is 4.90 Å². The highest BCUT2D eigenvalue weighted by atomic mass is 32.2. The van der Waals surface area contributed by atoms with Crippen LogP contribution in [0, 0.1) is 24.0 Å². The summed E-state index contributed by atoms with van der Waals surface area (Å²) in [6.07, 6.45) is 2.02. The number of nitro groups is 1. The van der Waals surface area contributed by atoms with Crippen molar-refractivity contribution in [1.29, 1.82) is 0 Å². The molecule has 6 heteroatoms. The van der Waals surface area contributed by atoms with Crippen molar-refractivity contribution in [2.75, 3.05) is 12.3 Å². The number of nitrogens with zero attached hydrogens (tertiary/aromatic N) is 2. The van der Waals surface area contributed by atoms with Crippen LogP contribution in [0.1, 0.15) is 35.6 Å². The molecular weight excluding hydrogens is 348 g/mol. The summed E-state index contributed by atoms with van der Waals surface area (Å²) in [5, 5.41) is 10.7. The lowest BCUT2D eigenvalue weighted by atomic mass is 9.99. The summed E-state index contributed by atoms with van der Waals surface area (Å²) in [4.78, 5) is 25.9. The number of carbonyl (C=O) groups is 1. The lowest BCUT2D eigenvalue weighted by Crippen LogP contribution is -2.32. The van der Waals surface area contributed by atoms with E-state index in [1.54, 1.807) is 12.1 Å². The van der Waals surface area contributed by atoms with Gasteiger partial charge in [-0.15, -0.1) is 11.8 Å². The largest absolute Gasteiger partial charge is 0.335 e. The normalized spacial score (nSPS) is 16.7. The third-order valence-electron chi connectivity index (χ3n) is 4.61. The predicted molar refractivity (Wildman–Crippen MR) is 103 cm³/mol. The minimum atomic E-state index is -0.418. The summed E-state index contributed by atoms with van der Waals surface area (Å²) >= 11 is 1.43. The molecule has 2 aromatic rings. The van der Waals surface area contributed by atoms with Gasteiger partial charge in [-0.1, -0.05) is 29.3 Å². The van der Waals surface area contributed by atoms with Gasteiger partial charge in [-0.2, -0.15) is 0 Å². The summed E-state index contributed by atoms with van der Waals surface area (Å²) < 4.78 is 0. The van der Waals surface area contributed by atoms with E-state index in [9.17, 15) is 14.9 Å². The molecule has 3 rings (SSSR count). The molecule has 0 N–H and O–H groups in total. The second-order valence-corrected chi connectivity index (χ2v) is 7.75. The first-order chi connectivity index (χ1) is 12.4. The van der Waals surface area contributed by atoms with Gasteiger partial charge in [-0.3, -0.25) is 14.9 Å². The SMILES string of the molecule is Cc1cc(C)cc(C2CCCN2C(=O)CSc2ccc([N+](=O)[O-])cc2)c1. The van der Waals surface area contributed by atoms with Crippen LogP contribution in [-0.4, -0.2) is 28.0 Å². The number of aryl methyl sites for hydroxylation is 2. The van der Waals surface area contributed by atoms with Crippen LogP contribution < -0.4 is 0 Å². The van der Waals surface area contributed by atoms with E-state index in [2.05, 4.69) is 32.0 Å². The minimum absolute atomic E-state index is 0.0649. The fourth-order valence-electron chi connectivity index (χ4n) is 3.51. The van der Waals surface area contributed by atoms with Gasteiger partial charge in [0.25, 0.3) is 5.69 Å². The fraction of sp³-hybridized carbons (Fsp3) is 0.350. The zero-order chi connectivity index (χ0) is 18.7. The van der Waals surface area contributed by atoms with Crippen molar-refractivity contribution in [3.05, 3.63) is 69.3 Å². The molecule has 1 atom stereocenters. The monoisotopic (exact) mass is 370 g/mol. The summed E-state index contributed by atoms with van der Waals surface area (Å²) in [5.74, 6) is 0.467. The van der Waals surface area contributed by atoms with E-state index in [1.165, 1.54) is 40.6 Å². The van der Waals surface area contributed by atoms with E-state index in [-0.39, 0.29) is 17.6 Å². The molecule has 5 nitrogen and oxygen atoms in total. The highest BCUT2D eigenvalue weighted by molar-refractivity contribution is 8.00. The van der Waals surface area contributed by atoms with Crippen molar-refractivity contribution in [2.45, 2.75) is 37.6 Å². The first kappa shape index (κ1) is 18.5. The van der Waals surface area contributed by atoms with Gasteiger partial charge in [-0.05, 0) is 44.4 Å². The second kappa shape index (κ2) is 7.91. The van der Waals surface area contributed by atoms with Crippen LogP contribution >= 0.6 is 11.8 Å². The van der Waals surface area contributed by atoms with Gasteiger partial charge in [0.1, 0.15) is 0 Å². The van der Waals surface area contributed by atoms with Gasteiger partial charge in [0.05, 0.1) is 16.7 Å². The Morgan fingerprint density at radius 3 is 2.46 bits per heavy atom. The van der Waals surface area contributed by atoms with Crippen molar-refractivity contribution in [3.8, 4) is 0 Å². The molecule has 1 amide bonds. The van der Waals surface area contributed by atoms with Gasteiger partial charge >= 0.3 is 0 Å². The van der Waals surface area contributed by atoms with E-state index in [0.717, 1.165) is 24.3 Å². The Morgan fingerprint density at radius 1 is 1.19 bits per heavy atom. The van der Waals surface area contributed by atoms with Gasteiger partial charge in [0.15, 0.2) is 0 Å². The molecule has 0 aromatic heterocycles. The zero-order valence-electron chi connectivity index (χ0n) is 15.0. The number of non-ortho nitro benzene ring substituents is 1. The van der Waals surface area contributed by atoms with Crippen LogP contribution in [0.15, 0.2) is 47.4 Å². The number of carbonyl (C=O) groups excluding carboxylic acids is 1. The van der Waals surface area contributed by atoms with Crippen molar-refractivity contribution in [1.82, 2.24) is 4.90 Å². The lowest BCUT2D eigenvalue weighted by Gasteiger charge is -2.25. The Balaban J connectivity index is 1.65. The Labute approximate surface area is 157 Å². The van der Waals surface area contributed by atoms with Crippen LogP contribution in [0.3, 0.4) is 0 Å². The van der Waals surface area contributed by atoms with E-state index in [0.29, 0.717) is 5.75 Å². The Bertz CT molecular complexity index is 800. The van der Waals surface area contributed by atoms with Crippen LogP contribution in [0.5, 0.6) is 0 Å². The Morgan fingerprint density at radius 2 is 1.85 bits per heavy atom. The third kappa shape index (κ3) is 4.25. The smallest absolute Gasteiger partial charge is 0.269 e. The van der Waals surface area contributed by atoms with E-state index < -0.39 is 4.92 Å². The maximum absolute atomic E-state index is 12.7. The summed E-state index contributed by atoms with van der Waals surface area (Å²) in [7, 11) is 0. The molecule has 1 saturated heterocycles. The lowest BCUT2D eigenvalue weighted by molar-refractivity contribution is -0.384. The van der Waals surface area contributed by atoms with Crippen LogP contribution in [-0.2, 0) is 4.79 Å². The first-order valence-corrected chi connectivity index (χ1v) is 9.67. The molecule has 1 aliphatic rings. The van der Waals surface area contributed by atoms with E-state index >= 15 is 0 Å². The maximum atomic E-state index is 12.7. The van der Waals surface area contributed by atoms with Crippen LogP contribution in [0.2, 0.25) is 0 Å². The topological polar surface area (TPSA) is 63.5 Å².